The highest BCUT2D eigenvalue weighted by Crippen LogP contribution is 2.01. The summed E-state index contributed by atoms with van der Waals surface area (Å²) in [5.74, 6) is 0.904. The van der Waals surface area contributed by atoms with Crippen LogP contribution >= 0.6 is 24.0 Å². The van der Waals surface area contributed by atoms with E-state index in [1.807, 2.05) is 23.1 Å². The van der Waals surface area contributed by atoms with Crippen molar-refractivity contribution in [3.05, 3.63) is 54.4 Å². The van der Waals surface area contributed by atoms with Gasteiger partial charge in [-0.2, -0.15) is 5.10 Å². The number of aromatic nitrogens is 2. The normalized spacial score (nSPS) is 11.0. The molecule has 1 aromatic carbocycles. The number of aliphatic imine (C=N–C) groups is 1. The smallest absolute Gasteiger partial charge is 0.191 e. The first-order valence-electron chi connectivity index (χ1n) is 8.42. The predicted molar refractivity (Wildman–Crippen MR) is 111 cm³/mol. The van der Waals surface area contributed by atoms with E-state index in [0.717, 1.165) is 51.4 Å². The zero-order valence-corrected chi connectivity index (χ0v) is 16.6. The summed E-state index contributed by atoms with van der Waals surface area (Å²) in [5, 5.41) is 10.9. The highest BCUT2D eigenvalue weighted by Gasteiger charge is 1.97. The number of aryl methyl sites for hydroxylation is 2. The molecule has 2 aromatic rings. The fourth-order valence-electron chi connectivity index (χ4n) is 2.34. The van der Waals surface area contributed by atoms with Crippen molar-refractivity contribution in [2.24, 2.45) is 4.99 Å². The SMILES string of the molecule is CCNC(=NCCCn1cccn1)NCCCc1ccccc1.I. The standard InChI is InChI=1S/C18H27N5.HI/c1-2-19-18(21-13-7-15-23-16-8-14-22-23)20-12-6-11-17-9-4-3-5-10-17;/h3-5,8-10,14,16H,2,6-7,11-13,15H2,1H3,(H2,19,20,21);1H. The number of rotatable bonds is 9. The number of hydrogen-bond donors (Lipinski definition) is 2. The van der Waals surface area contributed by atoms with Crippen molar-refractivity contribution in [3.8, 4) is 0 Å². The van der Waals surface area contributed by atoms with Gasteiger partial charge in [-0.3, -0.25) is 9.67 Å². The molecule has 1 aromatic heterocycles. The van der Waals surface area contributed by atoms with Crippen LogP contribution in [0.5, 0.6) is 0 Å². The number of nitrogens with zero attached hydrogens (tertiary/aromatic N) is 3. The van der Waals surface area contributed by atoms with Crippen molar-refractivity contribution < 1.29 is 0 Å². The van der Waals surface area contributed by atoms with Crippen LogP contribution in [0.25, 0.3) is 0 Å². The highest BCUT2D eigenvalue weighted by atomic mass is 127. The molecule has 24 heavy (non-hydrogen) atoms. The van der Waals surface area contributed by atoms with Crippen LogP contribution in [0.2, 0.25) is 0 Å². The number of nitrogens with one attached hydrogen (secondary N) is 2. The molecule has 2 N–H and O–H groups in total. The number of guanidine groups is 1. The Morgan fingerprint density at radius 1 is 1.12 bits per heavy atom. The zero-order valence-electron chi connectivity index (χ0n) is 14.3. The van der Waals surface area contributed by atoms with Crippen molar-refractivity contribution >= 4 is 29.9 Å². The maximum absolute atomic E-state index is 4.61. The molecule has 0 bridgehead atoms. The minimum atomic E-state index is 0. The second kappa shape index (κ2) is 12.8. The Labute approximate surface area is 162 Å². The quantitative estimate of drug-likeness (QED) is 0.272. The first-order valence-corrected chi connectivity index (χ1v) is 8.42. The fourth-order valence-corrected chi connectivity index (χ4v) is 2.34. The molecular weight excluding hydrogens is 413 g/mol. The lowest BCUT2D eigenvalue weighted by Crippen LogP contribution is -2.38. The van der Waals surface area contributed by atoms with Crippen molar-refractivity contribution in [3.63, 3.8) is 0 Å². The van der Waals surface area contributed by atoms with Crippen LogP contribution in [0, 0.1) is 0 Å². The minimum Gasteiger partial charge on any atom is -0.357 e. The Morgan fingerprint density at radius 3 is 2.67 bits per heavy atom. The first kappa shape index (κ1) is 20.5. The topological polar surface area (TPSA) is 54.2 Å². The Balaban J connectivity index is 0.00000288. The molecule has 1 heterocycles. The predicted octanol–water partition coefficient (Wildman–Crippen LogP) is 3.08. The minimum absolute atomic E-state index is 0. The van der Waals surface area contributed by atoms with Gasteiger partial charge < -0.3 is 10.6 Å². The molecule has 0 fully saturated rings. The average molecular weight is 441 g/mol. The second-order valence-corrected chi connectivity index (χ2v) is 5.40. The van der Waals surface area contributed by atoms with Crippen molar-refractivity contribution in [2.45, 2.75) is 32.7 Å². The molecule has 0 aliphatic rings. The highest BCUT2D eigenvalue weighted by molar-refractivity contribution is 14.0. The molecule has 0 amide bonds. The summed E-state index contributed by atoms with van der Waals surface area (Å²) in [6.07, 6.45) is 6.97. The molecule has 0 spiro atoms. The van der Waals surface area contributed by atoms with Crippen LogP contribution in [0.1, 0.15) is 25.3 Å². The molecule has 2 rings (SSSR count). The van der Waals surface area contributed by atoms with Gasteiger partial charge in [0.05, 0.1) is 0 Å². The van der Waals surface area contributed by atoms with Gasteiger partial charge in [0.1, 0.15) is 0 Å². The van der Waals surface area contributed by atoms with Crippen molar-refractivity contribution in [1.82, 2.24) is 20.4 Å². The average Bonchev–Trinajstić information content (AvgIpc) is 3.10. The van der Waals surface area contributed by atoms with Gasteiger partial charge in [0.2, 0.25) is 0 Å². The van der Waals surface area contributed by atoms with Crippen LogP contribution in [0.4, 0.5) is 0 Å². The number of halogens is 1. The van der Waals surface area contributed by atoms with Gasteiger partial charge in [0, 0.05) is 38.6 Å². The van der Waals surface area contributed by atoms with E-state index in [0.29, 0.717) is 0 Å². The summed E-state index contributed by atoms with van der Waals surface area (Å²) >= 11 is 0. The third kappa shape index (κ3) is 8.33. The first-order chi connectivity index (χ1) is 11.4. The Bertz CT molecular complexity index is 554. The number of hydrogen-bond acceptors (Lipinski definition) is 2. The summed E-state index contributed by atoms with van der Waals surface area (Å²) in [6, 6.07) is 12.5. The van der Waals surface area contributed by atoms with Crippen LogP contribution in [0.3, 0.4) is 0 Å². The lowest BCUT2D eigenvalue weighted by molar-refractivity contribution is 0.583. The number of benzene rings is 1. The zero-order chi connectivity index (χ0) is 16.2. The van der Waals surface area contributed by atoms with Crippen LogP contribution in [0.15, 0.2) is 53.8 Å². The van der Waals surface area contributed by atoms with Crippen molar-refractivity contribution in [2.75, 3.05) is 19.6 Å². The van der Waals surface area contributed by atoms with Crippen molar-refractivity contribution in [1.29, 1.82) is 0 Å². The molecule has 132 valence electrons. The molecule has 0 saturated heterocycles. The van der Waals surface area contributed by atoms with Crippen LogP contribution in [-0.4, -0.2) is 35.4 Å². The van der Waals surface area contributed by atoms with Gasteiger partial charge in [-0.05, 0) is 37.8 Å². The molecule has 5 nitrogen and oxygen atoms in total. The van der Waals surface area contributed by atoms with E-state index >= 15 is 0 Å². The van der Waals surface area contributed by atoms with E-state index in [1.165, 1.54) is 5.56 Å². The van der Waals surface area contributed by atoms with Gasteiger partial charge >= 0.3 is 0 Å². The van der Waals surface area contributed by atoms with E-state index in [9.17, 15) is 0 Å². The van der Waals surface area contributed by atoms with Crippen LogP contribution < -0.4 is 10.6 Å². The maximum Gasteiger partial charge on any atom is 0.191 e. The second-order valence-electron chi connectivity index (χ2n) is 5.40. The monoisotopic (exact) mass is 441 g/mol. The largest absolute Gasteiger partial charge is 0.357 e. The van der Waals surface area contributed by atoms with E-state index in [4.69, 9.17) is 0 Å². The van der Waals surface area contributed by atoms with Gasteiger partial charge in [-0.25, -0.2) is 0 Å². The van der Waals surface area contributed by atoms with E-state index in [-0.39, 0.29) is 24.0 Å². The van der Waals surface area contributed by atoms with E-state index in [2.05, 4.69) is 58.0 Å². The third-order valence-corrected chi connectivity index (χ3v) is 3.50. The van der Waals surface area contributed by atoms with Crippen LogP contribution in [-0.2, 0) is 13.0 Å². The summed E-state index contributed by atoms with van der Waals surface area (Å²) < 4.78 is 1.94. The van der Waals surface area contributed by atoms with E-state index in [1.54, 1.807) is 0 Å². The molecule has 0 aliphatic carbocycles. The summed E-state index contributed by atoms with van der Waals surface area (Å²) in [6.45, 7) is 5.60. The molecule has 0 aliphatic heterocycles. The fraction of sp³-hybridized carbons (Fsp3) is 0.444. The summed E-state index contributed by atoms with van der Waals surface area (Å²) in [7, 11) is 0. The molecule has 0 saturated carbocycles. The van der Waals surface area contributed by atoms with Gasteiger partial charge in [0.15, 0.2) is 5.96 Å². The molecule has 6 heteroatoms. The Kier molecular flexibility index (Phi) is 10.9. The molecule has 0 radical (unpaired) electrons. The Morgan fingerprint density at radius 2 is 1.96 bits per heavy atom. The van der Waals surface area contributed by atoms with Gasteiger partial charge in [-0.15, -0.1) is 24.0 Å². The molecular formula is C18H28IN5. The van der Waals surface area contributed by atoms with Gasteiger partial charge in [-0.1, -0.05) is 30.3 Å². The van der Waals surface area contributed by atoms with E-state index < -0.39 is 0 Å². The molecule has 0 atom stereocenters. The Hall–Kier alpha value is -1.57. The molecule has 0 unspecified atom stereocenters. The third-order valence-electron chi connectivity index (χ3n) is 3.50. The lowest BCUT2D eigenvalue weighted by atomic mass is 10.1. The summed E-state index contributed by atoms with van der Waals surface area (Å²) in [5.41, 5.74) is 1.38. The maximum atomic E-state index is 4.61. The van der Waals surface area contributed by atoms with Gasteiger partial charge in [0.25, 0.3) is 0 Å². The lowest BCUT2D eigenvalue weighted by Gasteiger charge is -2.11. The summed E-state index contributed by atoms with van der Waals surface area (Å²) in [4.78, 5) is 4.61.